The van der Waals surface area contributed by atoms with Crippen LogP contribution in [0.15, 0.2) is 55.0 Å². The predicted octanol–water partition coefficient (Wildman–Crippen LogP) is 3.23. The van der Waals surface area contributed by atoms with E-state index in [4.69, 9.17) is 0 Å². The van der Waals surface area contributed by atoms with Gasteiger partial charge in [0.1, 0.15) is 0 Å². The molecule has 172 valence electrons. The topological polar surface area (TPSA) is 121 Å². The molecule has 3 aromatic heterocycles. The first-order valence-corrected chi connectivity index (χ1v) is 11.0. The van der Waals surface area contributed by atoms with E-state index < -0.39 is 12.2 Å². The van der Waals surface area contributed by atoms with Gasteiger partial charge in [-0.05, 0) is 38.5 Å². The van der Waals surface area contributed by atoms with Gasteiger partial charge in [0.2, 0.25) is 5.95 Å². The lowest BCUT2D eigenvalue weighted by Crippen LogP contribution is -2.30. The van der Waals surface area contributed by atoms with Crippen molar-refractivity contribution in [3.8, 4) is 11.3 Å². The summed E-state index contributed by atoms with van der Waals surface area (Å²) in [6.07, 6.45) is 1.76. The summed E-state index contributed by atoms with van der Waals surface area (Å²) in [7, 11) is 0. The lowest BCUT2D eigenvalue weighted by atomic mass is 10.1. The molecule has 0 aliphatic heterocycles. The number of aromatic nitrogens is 5. The minimum Gasteiger partial charge on any atom is -0.391 e. The minimum atomic E-state index is -0.923. The average Bonchev–Trinajstić information content (AvgIpc) is 3.26. The Bertz CT molecular complexity index is 1190. The Hall–Kier alpha value is -3.56. The molecule has 0 bridgehead atoms. The molecule has 1 aromatic carbocycles. The molecule has 0 fully saturated rings. The molecule has 0 aliphatic carbocycles. The van der Waals surface area contributed by atoms with Crippen LogP contribution in [-0.2, 0) is 6.54 Å². The molecule has 2 atom stereocenters. The Balaban J connectivity index is 1.55. The van der Waals surface area contributed by atoms with E-state index in [1.807, 2.05) is 34.9 Å². The summed E-state index contributed by atoms with van der Waals surface area (Å²) in [4.78, 5) is 18.1. The van der Waals surface area contributed by atoms with Crippen LogP contribution in [0.3, 0.4) is 0 Å². The molecule has 0 amide bonds. The van der Waals surface area contributed by atoms with Crippen LogP contribution in [0.1, 0.15) is 32.4 Å². The SMILES string of the molecule is CC(O)C(O)CNc1nc(NCc2ccc(-c3ccccn3)cc2)c2ncn(C(C)C)c2n1. The van der Waals surface area contributed by atoms with E-state index in [2.05, 4.69) is 56.5 Å². The highest BCUT2D eigenvalue weighted by Crippen LogP contribution is 2.24. The van der Waals surface area contributed by atoms with Gasteiger partial charge in [0.15, 0.2) is 17.0 Å². The van der Waals surface area contributed by atoms with Crippen LogP contribution in [0, 0.1) is 0 Å². The maximum absolute atomic E-state index is 9.92. The lowest BCUT2D eigenvalue weighted by molar-refractivity contribution is 0.0399. The van der Waals surface area contributed by atoms with E-state index in [0.29, 0.717) is 29.5 Å². The van der Waals surface area contributed by atoms with Gasteiger partial charge in [-0.1, -0.05) is 30.3 Å². The van der Waals surface area contributed by atoms with Crippen molar-refractivity contribution >= 4 is 22.9 Å². The van der Waals surface area contributed by atoms with Crippen LogP contribution < -0.4 is 10.6 Å². The fourth-order valence-corrected chi connectivity index (χ4v) is 3.38. The van der Waals surface area contributed by atoms with Gasteiger partial charge in [-0.25, -0.2) is 4.98 Å². The Morgan fingerprint density at radius 3 is 2.39 bits per heavy atom. The summed E-state index contributed by atoms with van der Waals surface area (Å²) in [6.45, 7) is 6.34. The summed E-state index contributed by atoms with van der Waals surface area (Å²) in [6, 6.07) is 14.2. The van der Waals surface area contributed by atoms with Gasteiger partial charge in [0.25, 0.3) is 0 Å². The molecular formula is C24H29N7O2. The Kier molecular flexibility index (Phi) is 6.81. The predicted molar refractivity (Wildman–Crippen MR) is 129 cm³/mol. The zero-order chi connectivity index (χ0) is 23.4. The van der Waals surface area contributed by atoms with Crippen molar-refractivity contribution in [2.24, 2.45) is 0 Å². The highest BCUT2D eigenvalue weighted by atomic mass is 16.3. The van der Waals surface area contributed by atoms with Crippen molar-refractivity contribution in [1.82, 2.24) is 24.5 Å². The first-order chi connectivity index (χ1) is 15.9. The van der Waals surface area contributed by atoms with Gasteiger partial charge in [0.05, 0.1) is 24.2 Å². The molecule has 2 unspecified atom stereocenters. The molecule has 0 radical (unpaired) electrons. The molecule has 0 saturated heterocycles. The van der Waals surface area contributed by atoms with Crippen LogP contribution in [-0.4, -0.2) is 53.5 Å². The zero-order valence-corrected chi connectivity index (χ0v) is 19.0. The third-order valence-corrected chi connectivity index (χ3v) is 5.38. The fraction of sp³-hybridized carbons (Fsp3) is 0.333. The summed E-state index contributed by atoms with van der Waals surface area (Å²) in [5.41, 5.74) is 4.45. The number of nitrogens with zero attached hydrogens (tertiary/aromatic N) is 5. The number of fused-ring (bicyclic) bond motifs is 1. The van der Waals surface area contributed by atoms with E-state index in [-0.39, 0.29) is 12.6 Å². The molecular weight excluding hydrogens is 418 g/mol. The Morgan fingerprint density at radius 1 is 0.939 bits per heavy atom. The van der Waals surface area contributed by atoms with Crippen molar-refractivity contribution < 1.29 is 10.2 Å². The second-order valence-electron chi connectivity index (χ2n) is 8.27. The normalized spacial score (nSPS) is 13.3. The standard InChI is InChI=1S/C24H29N7O2/c1-15(2)31-14-28-21-22(29-24(30-23(21)31)27-13-20(33)16(3)32)26-12-17-7-9-18(10-8-17)19-6-4-5-11-25-19/h4-11,14-16,20,32-33H,12-13H2,1-3H3,(H2,26,27,29,30). The van der Waals surface area contributed by atoms with Gasteiger partial charge in [-0.3, -0.25) is 4.98 Å². The van der Waals surface area contributed by atoms with Gasteiger partial charge in [0, 0.05) is 30.9 Å². The molecule has 0 saturated carbocycles. The second-order valence-corrected chi connectivity index (χ2v) is 8.27. The number of nitrogens with one attached hydrogen (secondary N) is 2. The fourth-order valence-electron chi connectivity index (χ4n) is 3.38. The number of anilines is 2. The van der Waals surface area contributed by atoms with E-state index >= 15 is 0 Å². The van der Waals surface area contributed by atoms with Crippen LogP contribution in [0.25, 0.3) is 22.4 Å². The second kappa shape index (κ2) is 9.93. The maximum atomic E-state index is 9.92. The quantitative estimate of drug-likeness (QED) is 0.309. The molecule has 4 N–H and O–H groups in total. The van der Waals surface area contributed by atoms with E-state index in [9.17, 15) is 10.2 Å². The third kappa shape index (κ3) is 5.27. The van der Waals surface area contributed by atoms with E-state index in [0.717, 1.165) is 16.8 Å². The van der Waals surface area contributed by atoms with Crippen LogP contribution >= 0.6 is 0 Å². The molecule has 4 rings (SSSR count). The number of aliphatic hydroxyl groups is 2. The van der Waals surface area contributed by atoms with Crippen molar-refractivity contribution in [2.45, 2.75) is 45.6 Å². The number of aliphatic hydroxyl groups excluding tert-OH is 2. The number of hydrogen-bond donors (Lipinski definition) is 4. The molecule has 4 aromatic rings. The lowest BCUT2D eigenvalue weighted by Gasteiger charge is -2.15. The van der Waals surface area contributed by atoms with Crippen molar-refractivity contribution in [2.75, 3.05) is 17.2 Å². The molecule has 9 heteroatoms. The molecule has 9 nitrogen and oxygen atoms in total. The number of hydrogen-bond acceptors (Lipinski definition) is 8. The average molecular weight is 448 g/mol. The molecule has 0 aliphatic rings. The first kappa shape index (κ1) is 22.6. The van der Waals surface area contributed by atoms with Crippen molar-refractivity contribution in [3.05, 3.63) is 60.6 Å². The van der Waals surface area contributed by atoms with E-state index in [1.165, 1.54) is 6.92 Å². The molecule has 3 heterocycles. The van der Waals surface area contributed by atoms with Gasteiger partial charge in [-0.2, -0.15) is 9.97 Å². The summed E-state index contributed by atoms with van der Waals surface area (Å²) < 4.78 is 1.97. The summed E-state index contributed by atoms with van der Waals surface area (Å²) >= 11 is 0. The summed E-state index contributed by atoms with van der Waals surface area (Å²) in [5, 5.41) is 25.9. The van der Waals surface area contributed by atoms with Crippen LogP contribution in [0.5, 0.6) is 0 Å². The van der Waals surface area contributed by atoms with Crippen molar-refractivity contribution in [3.63, 3.8) is 0 Å². The first-order valence-electron chi connectivity index (χ1n) is 11.0. The monoisotopic (exact) mass is 447 g/mol. The van der Waals surface area contributed by atoms with Gasteiger partial charge >= 0.3 is 0 Å². The minimum absolute atomic E-state index is 0.132. The van der Waals surface area contributed by atoms with Crippen LogP contribution in [0.2, 0.25) is 0 Å². The zero-order valence-electron chi connectivity index (χ0n) is 19.0. The molecule has 0 spiro atoms. The maximum Gasteiger partial charge on any atom is 0.226 e. The number of imidazole rings is 1. The largest absolute Gasteiger partial charge is 0.391 e. The van der Waals surface area contributed by atoms with Crippen molar-refractivity contribution in [1.29, 1.82) is 0 Å². The Morgan fingerprint density at radius 2 is 1.73 bits per heavy atom. The number of pyridine rings is 1. The molecule has 33 heavy (non-hydrogen) atoms. The summed E-state index contributed by atoms with van der Waals surface area (Å²) in [5.74, 6) is 0.958. The number of benzene rings is 1. The highest BCUT2D eigenvalue weighted by molar-refractivity contribution is 5.84. The smallest absolute Gasteiger partial charge is 0.226 e. The third-order valence-electron chi connectivity index (χ3n) is 5.38. The highest BCUT2D eigenvalue weighted by Gasteiger charge is 2.16. The Labute approximate surface area is 192 Å². The number of rotatable bonds is 9. The van der Waals surface area contributed by atoms with Gasteiger partial charge in [-0.15, -0.1) is 0 Å². The van der Waals surface area contributed by atoms with Crippen LogP contribution in [0.4, 0.5) is 11.8 Å². The van der Waals surface area contributed by atoms with E-state index in [1.54, 1.807) is 12.5 Å². The van der Waals surface area contributed by atoms with Gasteiger partial charge < -0.3 is 25.4 Å².